The molecule has 1 fully saturated rings. The van der Waals surface area contributed by atoms with Gasteiger partial charge in [-0.15, -0.1) is 0 Å². The monoisotopic (exact) mass is 409 g/mol. The van der Waals surface area contributed by atoms with Crippen molar-refractivity contribution in [1.29, 1.82) is 0 Å². The van der Waals surface area contributed by atoms with Crippen molar-refractivity contribution >= 4 is 35.2 Å². The Morgan fingerprint density at radius 2 is 1.86 bits per heavy atom. The van der Waals surface area contributed by atoms with Gasteiger partial charge in [0.15, 0.2) is 12.4 Å². The molecule has 1 saturated carbocycles. The van der Waals surface area contributed by atoms with Gasteiger partial charge in [-0.25, -0.2) is 0 Å². The fraction of sp³-hybridized carbons (Fsp3) is 0.238. The third-order valence-corrected chi connectivity index (χ3v) is 5.21. The summed E-state index contributed by atoms with van der Waals surface area (Å²) >= 11 is 5.94. The molecule has 1 aliphatic carbocycles. The summed E-state index contributed by atoms with van der Waals surface area (Å²) in [6.07, 6.45) is 1.49. The van der Waals surface area contributed by atoms with E-state index in [1.165, 1.54) is 0 Å². The lowest BCUT2D eigenvalue weighted by molar-refractivity contribution is -0.148. The van der Waals surface area contributed by atoms with E-state index in [2.05, 4.69) is 20.3 Å². The van der Waals surface area contributed by atoms with Crippen molar-refractivity contribution in [3.63, 3.8) is 0 Å². The number of nitrogens with one attached hydrogen (secondary N) is 1. The molecule has 0 unspecified atom stereocenters. The minimum Gasteiger partial charge on any atom is -0.457 e. The summed E-state index contributed by atoms with van der Waals surface area (Å²) < 4.78 is 5.52. The fourth-order valence-electron chi connectivity index (χ4n) is 3.16. The molecule has 3 aromatic rings. The first-order chi connectivity index (χ1) is 14.0. The lowest BCUT2D eigenvalue weighted by Crippen LogP contribution is -2.23. The van der Waals surface area contributed by atoms with Crippen LogP contribution in [0, 0.1) is 6.92 Å². The number of nitrogen functional groups attached to an aromatic ring is 1. The van der Waals surface area contributed by atoms with Crippen LogP contribution in [-0.2, 0) is 21.6 Å². The van der Waals surface area contributed by atoms with Gasteiger partial charge in [0.1, 0.15) is 0 Å². The average Bonchev–Trinajstić information content (AvgIpc) is 3.50. The zero-order valence-corrected chi connectivity index (χ0v) is 16.6. The Bertz CT molecular complexity index is 1050. The minimum absolute atomic E-state index is 0.0565. The number of anilines is 3. The lowest BCUT2D eigenvalue weighted by Gasteiger charge is -2.15. The molecule has 2 aromatic carbocycles. The summed E-state index contributed by atoms with van der Waals surface area (Å²) in [5.74, 6) is 0.346. The highest BCUT2D eigenvalue weighted by molar-refractivity contribution is 6.30. The molecule has 8 heteroatoms. The second-order valence-corrected chi connectivity index (χ2v) is 7.47. The van der Waals surface area contributed by atoms with Crippen LogP contribution in [0.4, 0.5) is 17.6 Å². The Morgan fingerprint density at radius 3 is 2.55 bits per heavy atom. The number of nitrogens with zero attached hydrogens (tertiary/aromatic N) is 3. The maximum atomic E-state index is 12.7. The summed E-state index contributed by atoms with van der Waals surface area (Å²) in [5, 5.41) is 3.75. The molecule has 0 saturated heterocycles. The number of para-hydroxylation sites is 1. The molecule has 0 atom stereocenters. The number of aryl methyl sites for hydroxylation is 1. The molecule has 0 aliphatic heterocycles. The van der Waals surface area contributed by atoms with Gasteiger partial charge in [0.05, 0.1) is 5.41 Å². The quantitative estimate of drug-likeness (QED) is 0.594. The van der Waals surface area contributed by atoms with Gasteiger partial charge in [0.2, 0.25) is 11.9 Å². The normalized spacial score (nSPS) is 14.3. The number of esters is 1. The summed E-state index contributed by atoms with van der Waals surface area (Å²) in [4.78, 5) is 25.2. The van der Waals surface area contributed by atoms with E-state index in [1.807, 2.05) is 43.3 Å². The van der Waals surface area contributed by atoms with Crippen LogP contribution in [-0.4, -0.2) is 20.9 Å². The lowest BCUT2D eigenvalue weighted by atomic mass is 9.96. The summed E-state index contributed by atoms with van der Waals surface area (Å²) in [6.45, 7) is 1.89. The molecular weight excluding hydrogens is 390 g/mol. The number of aromatic nitrogens is 3. The first-order valence-corrected chi connectivity index (χ1v) is 9.60. The van der Waals surface area contributed by atoms with Gasteiger partial charge >= 0.3 is 5.97 Å². The number of nitrogens with two attached hydrogens (primary N) is 1. The van der Waals surface area contributed by atoms with Gasteiger partial charge in [0.25, 0.3) is 0 Å². The second-order valence-electron chi connectivity index (χ2n) is 7.04. The van der Waals surface area contributed by atoms with Crippen molar-refractivity contribution < 1.29 is 9.53 Å². The molecule has 7 nitrogen and oxygen atoms in total. The second kappa shape index (κ2) is 7.67. The van der Waals surface area contributed by atoms with Gasteiger partial charge in [0, 0.05) is 10.7 Å². The van der Waals surface area contributed by atoms with E-state index in [-0.39, 0.29) is 24.3 Å². The van der Waals surface area contributed by atoms with Gasteiger partial charge in [-0.3, -0.25) is 4.79 Å². The van der Waals surface area contributed by atoms with Crippen LogP contribution >= 0.6 is 11.6 Å². The van der Waals surface area contributed by atoms with Crippen LogP contribution < -0.4 is 11.1 Å². The van der Waals surface area contributed by atoms with Crippen molar-refractivity contribution in [2.45, 2.75) is 31.8 Å². The van der Waals surface area contributed by atoms with E-state index in [0.29, 0.717) is 11.0 Å². The van der Waals surface area contributed by atoms with Crippen molar-refractivity contribution in [2.24, 2.45) is 0 Å². The van der Waals surface area contributed by atoms with Crippen molar-refractivity contribution in [3.05, 3.63) is 70.5 Å². The van der Waals surface area contributed by atoms with Gasteiger partial charge in [-0.1, -0.05) is 41.9 Å². The molecule has 0 bridgehead atoms. The maximum absolute atomic E-state index is 12.7. The van der Waals surface area contributed by atoms with Gasteiger partial charge in [-0.05, 0) is 49.1 Å². The van der Waals surface area contributed by atoms with Crippen molar-refractivity contribution in [3.8, 4) is 0 Å². The Labute approximate surface area is 173 Å². The molecule has 0 radical (unpaired) electrons. The Hall–Kier alpha value is -3.19. The van der Waals surface area contributed by atoms with Gasteiger partial charge in [-0.2, -0.15) is 15.0 Å². The third kappa shape index (κ3) is 4.14. The summed E-state index contributed by atoms with van der Waals surface area (Å²) in [6, 6.07) is 15.0. The highest BCUT2D eigenvalue weighted by atomic mass is 35.5. The summed E-state index contributed by atoms with van der Waals surface area (Å²) in [7, 11) is 0. The maximum Gasteiger partial charge on any atom is 0.317 e. The standard InChI is InChI=1S/C21H20ClN5O2/c1-13-4-2-3-5-16(13)24-20-26-17(25-19(23)27-20)12-29-18(28)21(10-11-21)14-6-8-15(22)9-7-14/h2-9H,10-12H2,1H3,(H3,23,24,25,26,27). The fourth-order valence-corrected chi connectivity index (χ4v) is 3.29. The number of halogens is 1. The van der Waals surface area contributed by atoms with Crippen LogP contribution in [0.15, 0.2) is 48.5 Å². The molecule has 148 valence electrons. The Balaban J connectivity index is 1.46. The van der Waals surface area contributed by atoms with Gasteiger partial charge < -0.3 is 15.8 Å². The minimum atomic E-state index is -0.606. The van der Waals surface area contributed by atoms with E-state index >= 15 is 0 Å². The van der Waals surface area contributed by atoms with Crippen molar-refractivity contribution in [2.75, 3.05) is 11.1 Å². The predicted octanol–water partition coefficient (Wildman–Crippen LogP) is 3.93. The van der Waals surface area contributed by atoms with E-state index in [0.717, 1.165) is 29.7 Å². The van der Waals surface area contributed by atoms with Crippen LogP contribution in [0.1, 0.15) is 29.8 Å². The van der Waals surface area contributed by atoms with Crippen LogP contribution in [0.25, 0.3) is 0 Å². The SMILES string of the molecule is Cc1ccccc1Nc1nc(N)nc(COC(=O)C2(c3ccc(Cl)cc3)CC2)n1. The topological polar surface area (TPSA) is 103 Å². The number of hydrogen-bond acceptors (Lipinski definition) is 7. The zero-order chi connectivity index (χ0) is 20.4. The van der Waals surface area contributed by atoms with E-state index in [9.17, 15) is 4.79 Å². The molecule has 4 rings (SSSR count). The molecular formula is C21H20ClN5O2. The summed E-state index contributed by atoms with van der Waals surface area (Å²) in [5.41, 5.74) is 8.01. The zero-order valence-electron chi connectivity index (χ0n) is 15.9. The van der Waals surface area contributed by atoms with E-state index < -0.39 is 5.41 Å². The Morgan fingerprint density at radius 1 is 1.14 bits per heavy atom. The highest BCUT2D eigenvalue weighted by Crippen LogP contribution is 2.49. The number of hydrogen-bond donors (Lipinski definition) is 2. The molecule has 1 aliphatic rings. The smallest absolute Gasteiger partial charge is 0.317 e. The predicted molar refractivity (Wildman–Crippen MR) is 111 cm³/mol. The Kier molecular flexibility index (Phi) is 5.07. The number of carbonyl (C=O) groups is 1. The number of ether oxygens (including phenoxy) is 1. The number of rotatable bonds is 6. The number of benzene rings is 2. The number of carbonyl (C=O) groups excluding carboxylic acids is 1. The molecule has 1 heterocycles. The highest BCUT2D eigenvalue weighted by Gasteiger charge is 2.52. The molecule has 1 aromatic heterocycles. The van der Waals surface area contributed by atoms with Crippen LogP contribution in [0.2, 0.25) is 5.02 Å². The van der Waals surface area contributed by atoms with Crippen molar-refractivity contribution in [1.82, 2.24) is 15.0 Å². The first-order valence-electron chi connectivity index (χ1n) is 9.23. The van der Waals surface area contributed by atoms with Crippen LogP contribution in [0.5, 0.6) is 0 Å². The molecule has 3 N–H and O–H groups in total. The molecule has 0 spiro atoms. The van der Waals surface area contributed by atoms with Crippen LogP contribution in [0.3, 0.4) is 0 Å². The average molecular weight is 410 g/mol. The van der Waals surface area contributed by atoms with E-state index in [4.69, 9.17) is 22.1 Å². The van der Waals surface area contributed by atoms with E-state index in [1.54, 1.807) is 12.1 Å². The molecule has 0 amide bonds. The first kappa shape index (κ1) is 19.1. The molecule has 29 heavy (non-hydrogen) atoms. The largest absolute Gasteiger partial charge is 0.457 e. The third-order valence-electron chi connectivity index (χ3n) is 4.96.